The molecule has 2 amide bonds. The number of hydrogen-bond donors (Lipinski definition) is 2. The fourth-order valence-corrected chi connectivity index (χ4v) is 3.71. The molecule has 1 atom stereocenters. The summed E-state index contributed by atoms with van der Waals surface area (Å²) in [5.74, 6) is -0.312. The molecule has 1 aliphatic heterocycles. The monoisotopic (exact) mass is 447 g/mol. The van der Waals surface area contributed by atoms with Gasteiger partial charge in [-0.2, -0.15) is 18.3 Å². The fraction of sp³-hybridized carbons (Fsp3) is 0.273. The number of rotatable bonds is 4. The predicted molar refractivity (Wildman–Crippen MR) is 112 cm³/mol. The summed E-state index contributed by atoms with van der Waals surface area (Å²) >= 11 is 0. The highest BCUT2D eigenvalue weighted by Gasteiger charge is 2.30. The zero-order chi connectivity index (χ0) is 22.7. The molecule has 2 N–H and O–H groups in total. The van der Waals surface area contributed by atoms with Crippen molar-refractivity contribution in [3.63, 3.8) is 0 Å². The molecule has 2 aromatic carbocycles. The third kappa shape index (κ3) is 5.19. The van der Waals surface area contributed by atoms with Crippen LogP contribution in [0, 0.1) is 5.82 Å². The lowest BCUT2D eigenvalue weighted by Gasteiger charge is -2.34. The molecule has 1 unspecified atom stereocenters. The molecule has 1 fully saturated rings. The van der Waals surface area contributed by atoms with Crippen molar-refractivity contribution in [3.8, 4) is 5.69 Å². The number of halogens is 4. The van der Waals surface area contributed by atoms with Gasteiger partial charge in [-0.1, -0.05) is 12.1 Å². The maximum Gasteiger partial charge on any atom is 0.416 e. The molecule has 0 aliphatic carbocycles. The van der Waals surface area contributed by atoms with Gasteiger partial charge in [0.1, 0.15) is 5.82 Å². The second-order valence-electron chi connectivity index (χ2n) is 7.59. The number of nitrogens with one attached hydrogen (secondary N) is 2. The lowest BCUT2D eigenvalue weighted by atomic mass is 10.1. The topological polar surface area (TPSA) is 62.2 Å². The van der Waals surface area contributed by atoms with Crippen molar-refractivity contribution < 1.29 is 22.4 Å². The van der Waals surface area contributed by atoms with Gasteiger partial charge >= 0.3 is 12.2 Å². The number of carbonyl (C=O) groups is 1. The first kappa shape index (κ1) is 21.7. The molecule has 4 rings (SSSR count). The minimum Gasteiger partial charge on any atom is -0.369 e. The van der Waals surface area contributed by atoms with Crippen LogP contribution in [0.4, 0.5) is 33.7 Å². The predicted octanol–water partition coefficient (Wildman–Crippen LogP) is 4.82. The van der Waals surface area contributed by atoms with Crippen LogP contribution in [0.2, 0.25) is 0 Å². The van der Waals surface area contributed by atoms with Crippen LogP contribution in [0.15, 0.2) is 60.9 Å². The van der Waals surface area contributed by atoms with Crippen LogP contribution < -0.4 is 15.5 Å². The van der Waals surface area contributed by atoms with E-state index < -0.39 is 17.8 Å². The Morgan fingerprint density at radius 2 is 1.88 bits per heavy atom. The molecule has 0 saturated carbocycles. The van der Waals surface area contributed by atoms with Crippen molar-refractivity contribution in [1.29, 1.82) is 0 Å². The van der Waals surface area contributed by atoms with Gasteiger partial charge in [0.05, 0.1) is 29.3 Å². The number of nitrogens with zero attached hydrogens (tertiary/aromatic N) is 3. The molecule has 1 aromatic heterocycles. The summed E-state index contributed by atoms with van der Waals surface area (Å²) in [6.45, 7) is 1.31. The Morgan fingerprint density at radius 3 is 2.66 bits per heavy atom. The highest BCUT2D eigenvalue weighted by atomic mass is 19.4. The summed E-state index contributed by atoms with van der Waals surface area (Å²) in [6.07, 6.45) is -0.0318. The summed E-state index contributed by atoms with van der Waals surface area (Å²) < 4.78 is 53.5. The Morgan fingerprint density at radius 1 is 1.09 bits per heavy atom. The van der Waals surface area contributed by atoms with Crippen molar-refractivity contribution in [2.45, 2.75) is 25.1 Å². The molecule has 3 aromatic rings. The number of amides is 2. The molecule has 2 heterocycles. The number of carbonyl (C=O) groups excluding carboxylic acids is 1. The van der Waals surface area contributed by atoms with E-state index in [-0.39, 0.29) is 17.5 Å². The van der Waals surface area contributed by atoms with E-state index in [0.717, 1.165) is 37.2 Å². The number of alkyl halides is 3. The van der Waals surface area contributed by atoms with Crippen LogP contribution in [0.1, 0.15) is 18.4 Å². The molecular weight excluding hydrogens is 426 g/mol. The first-order chi connectivity index (χ1) is 15.3. The SMILES string of the molecule is O=C(Nc1cnn(-c2cccc(C(F)(F)F)c2)c1)NC1CCCN(c2cccc(F)c2)C1. The highest BCUT2D eigenvalue weighted by Crippen LogP contribution is 2.30. The van der Waals surface area contributed by atoms with Crippen LogP contribution in [0.3, 0.4) is 0 Å². The average Bonchev–Trinajstić information content (AvgIpc) is 3.22. The van der Waals surface area contributed by atoms with Crippen molar-refractivity contribution in [2.24, 2.45) is 0 Å². The van der Waals surface area contributed by atoms with Gasteiger partial charge in [-0.25, -0.2) is 13.9 Å². The number of anilines is 2. The van der Waals surface area contributed by atoms with E-state index in [1.165, 1.54) is 41.3 Å². The fourth-order valence-electron chi connectivity index (χ4n) is 3.71. The largest absolute Gasteiger partial charge is 0.416 e. The second kappa shape index (κ2) is 8.89. The molecule has 1 saturated heterocycles. The summed E-state index contributed by atoms with van der Waals surface area (Å²) in [4.78, 5) is 14.4. The van der Waals surface area contributed by atoms with E-state index in [0.29, 0.717) is 12.2 Å². The van der Waals surface area contributed by atoms with Crippen molar-refractivity contribution in [3.05, 3.63) is 72.3 Å². The Kier molecular flexibility index (Phi) is 6.02. The van der Waals surface area contributed by atoms with Crippen LogP contribution >= 0.6 is 0 Å². The first-order valence-corrected chi connectivity index (χ1v) is 10.1. The smallest absolute Gasteiger partial charge is 0.369 e. The normalized spacial score (nSPS) is 16.6. The van der Waals surface area contributed by atoms with Gasteiger partial charge in [0.2, 0.25) is 0 Å². The average molecular weight is 447 g/mol. The number of aromatic nitrogens is 2. The van der Waals surface area contributed by atoms with Gasteiger partial charge in [0.15, 0.2) is 0 Å². The Balaban J connectivity index is 1.36. The van der Waals surface area contributed by atoms with Crippen LogP contribution in [0.5, 0.6) is 0 Å². The van der Waals surface area contributed by atoms with Crippen molar-refractivity contribution in [1.82, 2.24) is 15.1 Å². The Hall–Kier alpha value is -3.56. The van der Waals surface area contributed by atoms with Crippen molar-refractivity contribution >= 4 is 17.4 Å². The van der Waals surface area contributed by atoms with Gasteiger partial charge in [-0.15, -0.1) is 0 Å². The van der Waals surface area contributed by atoms with Gasteiger partial charge in [0.25, 0.3) is 0 Å². The molecule has 0 bridgehead atoms. The molecule has 0 radical (unpaired) electrons. The first-order valence-electron chi connectivity index (χ1n) is 10.1. The van der Waals surface area contributed by atoms with E-state index >= 15 is 0 Å². The molecule has 6 nitrogen and oxygen atoms in total. The highest BCUT2D eigenvalue weighted by molar-refractivity contribution is 5.89. The van der Waals surface area contributed by atoms with Gasteiger partial charge < -0.3 is 15.5 Å². The molecule has 168 valence electrons. The molecule has 0 spiro atoms. The zero-order valence-electron chi connectivity index (χ0n) is 16.9. The minimum atomic E-state index is -4.45. The zero-order valence-corrected chi connectivity index (χ0v) is 16.9. The van der Waals surface area contributed by atoms with Gasteiger partial charge in [0, 0.05) is 24.8 Å². The van der Waals surface area contributed by atoms with Crippen LogP contribution in [0.25, 0.3) is 5.69 Å². The van der Waals surface area contributed by atoms with E-state index in [1.807, 2.05) is 11.0 Å². The minimum absolute atomic E-state index is 0.134. The standard InChI is InChI=1S/C22H21F4N5O/c23-16-5-2-7-19(11-16)30-9-3-6-17(13-30)28-21(32)29-18-12-27-31(14-18)20-8-1-4-15(10-20)22(24,25)26/h1-2,4-5,7-8,10-12,14,17H,3,6,9,13H2,(H2,28,29,32). The van der Waals surface area contributed by atoms with Crippen LogP contribution in [-0.4, -0.2) is 34.9 Å². The van der Waals surface area contributed by atoms with E-state index in [9.17, 15) is 22.4 Å². The number of hydrogen-bond acceptors (Lipinski definition) is 3. The van der Waals surface area contributed by atoms with Gasteiger partial charge in [-0.05, 0) is 49.2 Å². The number of benzene rings is 2. The van der Waals surface area contributed by atoms with Crippen LogP contribution in [-0.2, 0) is 6.18 Å². The molecule has 32 heavy (non-hydrogen) atoms. The molecule has 1 aliphatic rings. The number of piperidine rings is 1. The summed E-state index contributed by atoms with van der Waals surface area (Å²) in [5.41, 5.74) is 0.557. The third-order valence-corrected chi connectivity index (χ3v) is 5.21. The maximum atomic E-state index is 13.5. The Labute approximate surface area is 181 Å². The summed E-state index contributed by atoms with van der Waals surface area (Å²) in [5, 5.41) is 9.57. The molecular formula is C22H21F4N5O. The lowest BCUT2D eigenvalue weighted by molar-refractivity contribution is -0.137. The Bertz CT molecular complexity index is 1100. The van der Waals surface area contributed by atoms with E-state index in [1.54, 1.807) is 6.07 Å². The van der Waals surface area contributed by atoms with Crippen molar-refractivity contribution in [2.75, 3.05) is 23.3 Å². The van der Waals surface area contributed by atoms with Gasteiger partial charge in [-0.3, -0.25) is 0 Å². The van der Waals surface area contributed by atoms with E-state index in [2.05, 4.69) is 15.7 Å². The lowest BCUT2D eigenvalue weighted by Crippen LogP contribution is -2.49. The quantitative estimate of drug-likeness (QED) is 0.564. The summed E-state index contributed by atoms with van der Waals surface area (Å²) in [7, 11) is 0. The summed E-state index contributed by atoms with van der Waals surface area (Å²) in [6, 6.07) is 10.5. The second-order valence-corrected chi connectivity index (χ2v) is 7.59. The molecule has 10 heteroatoms. The van der Waals surface area contributed by atoms with E-state index in [4.69, 9.17) is 0 Å². The number of urea groups is 1. The third-order valence-electron chi connectivity index (χ3n) is 5.21. The maximum absolute atomic E-state index is 13.5.